The third kappa shape index (κ3) is 3.57. The van der Waals surface area contributed by atoms with Crippen LogP contribution in [0.25, 0.3) is 0 Å². The molecule has 2 rings (SSSR count). The smallest absolute Gasteiger partial charge is 0.223 e. The molecule has 2 unspecified atom stereocenters. The van der Waals surface area contributed by atoms with Crippen molar-refractivity contribution < 1.29 is 4.79 Å². The fraction of sp³-hybridized carbons (Fsp3) is 0.562. The number of carbonyl (C=O) groups excluding carboxylic acids is 1. The second-order valence-electron chi connectivity index (χ2n) is 5.42. The number of benzene rings is 1. The van der Waals surface area contributed by atoms with Crippen molar-refractivity contribution in [2.45, 2.75) is 39.2 Å². The number of carbonyl (C=O) groups is 1. The summed E-state index contributed by atoms with van der Waals surface area (Å²) in [5.41, 5.74) is 8.21. The number of amides is 1. The predicted molar refractivity (Wildman–Crippen MR) is 77.6 cm³/mol. The van der Waals surface area contributed by atoms with Gasteiger partial charge in [0.25, 0.3) is 0 Å². The Hall–Kier alpha value is -1.35. The molecule has 0 aromatic heterocycles. The highest BCUT2D eigenvalue weighted by Gasteiger charge is 2.31. The largest absolute Gasteiger partial charge is 0.352 e. The minimum Gasteiger partial charge on any atom is -0.352 e. The van der Waals surface area contributed by atoms with Gasteiger partial charge in [0.05, 0.1) is 0 Å². The summed E-state index contributed by atoms with van der Waals surface area (Å²) in [7, 11) is 0. The van der Waals surface area contributed by atoms with Crippen LogP contribution in [0.1, 0.15) is 37.3 Å². The van der Waals surface area contributed by atoms with Gasteiger partial charge in [-0.3, -0.25) is 4.79 Å². The lowest BCUT2D eigenvalue weighted by Crippen LogP contribution is -2.34. The van der Waals surface area contributed by atoms with E-state index in [4.69, 9.17) is 5.73 Å². The Balaban J connectivity index is 1.85. The Labute approximate surface area is 115 Å². The molecule has 1 fully saturated rings. The molecule has 3 N–H and O–H groups in total. The maximum absolute atomic E-state index is 12.1. The van der Waals surface area contributed by atoms with E-state index in [1.165, 1.54) is 5.56 Å². The number of rotatable bonds is 5. The van der Waals surface area contributed by atoms with E-state index in [9.17, 15) is 4.79 Å². The fourth-order valence-corrected chi connectivity index (χ4v) is 2.88. The molecule has 1 aliphatic carbocycles. The van der Waals surface area contributed by atoms with E-state index in [1.54, 1.807) is 0 Å². The maximum Gasteiger partial charge on any atom is 0.223 e. The van der Waals surface area contributed by atoms with Gasteiger partial charge >= 0.3 is 0 Å². The predicted octanol–water partition coefficient (Wildman–Crippen LogP) is 2.24. The van der Waals surface area contributed by atoms with Gasteiger partial charge in [0.2, 0.25) is 5.91 Å². The second kappa shape index (κ2) is 6.71. The fourth-order valence-electron chi connectivity index (χ4n) is 2.88. The Morgan fingerprint density at radius 2 is 1.95 bits per heavy atom. The van der Waals surface area contributed by atoms with Gasteiger partial charge in [-0.25, -0.2) is 0 Å². The topological polar surface area (TPSA) is 55.1 Å². The standard InChI is InChI=1S/C16H24N2O/c1-2-12-6-8-13(9-7-12)11-18-16(19)15-5-3-4-14(15)10-17/h6-9,14-15H,2-5,10-11,17H2,1H3,(H,18,19). The number of hydrogen-bond donors (Lipinski definition) is 2. The van der Waals surface area contributed by atoms with Crippen molar-refractivity contribution in [3.05, 3.63) is 35.4 Å². The van der Waals surface area contributed by atoms with E-state index in [0.29, 0.717) is 19.0 Å². The SMILES string of the molecule is CCc1ccc(CNC(=O)C2CCCC2CN)cc1. The molecule has 19 heavy (non-hydrogen) atoms. The van der Waals surface area contributed by atoms with Crippen LogP contribution in [0.3, 0.4) is 0 Å². The van der Waals surface area contributed by atoms with Crippen molar-refractivity contribution in [1.29, 1.82) is 0 Å². The van der Waals surface area contributed by atoms with E-state index in [0.717, 1.165) is 31.2 Å². The molecule has 1 aromatic carbocycles. The van der Waals surface area contributed by atoms with Crippen LogP contribution in [-0.4, -0.2) is 12.5 Å². The average Bonchev–Trinajstić information content (AvgIpc) is 2.93. The summed E-state index contributed by atoms with van der Waals surface area (Å²) in [6.07, 6.45) is 4.26. The molecule has 1 aromatic rings. The Kier molecular flexibility index (Phi) is 4.97. The molecule has 0 aliphatic heterocycles. The number of hydrogen-bond acceptors (Lipinski definition) is 2. The van der Waals surface area contributed by atoms with E-state index in [-0.39, 0.29) is 11.8 Å². The van der Waals surface area contributed by atoms with Crippen molar-refractivity contribution >= 4 is 5.91 Å². The van der Waals surface area contributed by atoms with Crippen molar-refractivity contribution in [1.82, 2.24) is 5.32 Å². The number of nitrogens with one attached hydrogen (secondary N) is 1. The zero-order valence-electron chi connectivity index (χ0n) is 11.7. The van der Waals surface area contributed by atoms with Crippen LogP contribution in [0.4, 0.5) is 0 Å². The van der Waals surface area contributed by atoms with Crippen LogP contribution in [0.5, 0.6) is 0 Å². The van der Waals surface area contributed by atoms with Crippen molar-refractivity contribution in [2.75, 3.05) is 6.54 Å². The third-order valence-electron chi connectivity index (χ3n) is 4.20. The highest BCUT2D eigenvalue weighted by atomic mass is 16.1. The molecule has 0 saturated heterocycles. The molecular weight excluding hydrogens is 236 g/mol. The summed E-state index contributed by atoms with van der Waals surface area (Å²) in [5.74, 6) is 0.676. The van der Waals surface area contributed by atoms with Crippen molar-refractivity contribution in [3.63, 3.8) is 0 Å². The van der Waals surface area contributed by atoms with E-state index in [1.807, 2.05) is 0 Å². The quantitative estimate of drug-likeness (QED) is 0.853. The lowest BCUT2D eigenvalue weighted by molar-refractivity contribution is -0.126. The molecule has 0 heterocycles. The monoisotopic (exact) mass is 260 g/mol. The number of aryl methyl sites for hydroxylation is 1. The number of nitrogens with two attached hydrogens (primary N) is 1. The van der Waals surface area contributed by atoms with Gasteiger partial charge in [-0.05, 0) is 42.9 Å². The molecule has 0 spiro atoms. The molecular formula is C16H24N2O. The molecule has 2 atom stereocenters. The molecule has 1 aliphatic rings. The lowest BCUT2D eigenvalue weighted by Gasteiger charge is -2.17. The van der Waals surface area contributed by atoms with Crippen molar-refractivity contribution in [3.8, 4) is 0 Å². The molecule has 104 valence electrons. The third-order valence-corrected chi connectivity index (χ3v) is 4.20. The van der Waals surface area contributed by atoms with Gasteiger partial charge < -0.3 is 11.1 Å². The zero-order valence-corrected chi connectivity index (χ0v) is 11.7. The highest BCUT2D eigenvalue weighted by Crippen LogP contribution is 2.30. The molecule has 1 saturated carbocycles. The first kappa shape index (κ1) is 14.1. The summed E-state index contributed by atoms with van der Waals surface area (Å²) in [6.45, 7) is 3.39. The van der Waals surface area contributed by atoms with Gasteiger partial charge in [0.15, 0.2) is 0 Å². The van der Waals surface area contributed by atoms with Crippen LogP contribution in [-0.2, 0) is 17.8 Å². The lowest BCUT2D eigenvalue weighted by atomic mass is 9.95. The first-order chi connectivity index (χ1) is 9.24. The summed E-state index contributed by atoms with van der Waals surface area (Å²) < 4.78 is 0. The maximum atomic E-state index is 12.1. The van der Waals surface area contributed by atoms with Crippen LogP contribution >= 0.6 is 0 Å². The summed E-state index contributed by atoms with van der Waals surface area (Å²) >= 11 is 0. The molecule has 3 nitrogen and oxygen atoms in total. The highest BCUT2D eigenvalue weighted by molar-refractivity contribution is 5.79. The van der Waals surface area contributed by atoms with Gasteiger partial charge in [-0.1, -0.05) is 37.6 Å². The van der Waals surface area contributed by atoms with E-state index >= 15 is 0 Å². The first-order valence-electron chi connectivity index (χ1n) is 7.30. The molecule has 0 bridgehead atoms. The summed E-state index contributed by atoms with van der Waals surface area (Å²) in [4.78, 5) is 12.1. The normalized spacial score (nSPS) is 22.4. The van der Waals surface area contributed by atoms with E-state index in [2.05, 4.69) is 36.5 Å². The van der Waals surface area contributed by atoms with Crippen molar-refractivity contribution in [2.24, 2.45) is 17.6 Å². The van der Waals surface area contributed by atoms with Gasteiger partial charge in [-0.2, -0.15) is 0 Å². The Morgan fingerprint density at radius 3 is 2.58 bits per heavy atom. The van der Waals surface area contributed by atoms with Gasteiger partial charge in [0, 0.05) is 12.5 Å². The minimum atomic E-state index is 0.125. The summed E-state index contributed by atoms with van der Waals surface area (Å²) in [6, 6.07) is 8.43. The van der Waals surface area contributed by atoms with Crippen LogP contribution in [0.15, 0.2) is 24.3 Å². The van der Waals surface area contributed by atoms with Crippen LogP contribution < -0.4 is 11.1 Å². The average molecular weight is 260 g/mol. The first-order valence-corrected chi connectivity index (χ1v) is 7.30. The minimum absolute atomic E-state index is 0.125. The van der Waals surface area contributed by atoms with Gasteiger partial charge in [-0.15, -0.1) is 0 Å². The van der Waals surface area contributed by atoms with Crippen LogP contribution in [0.2, 0.25) is 0 Å². The molecule has 1 amide bonds. The van der Waals surface area contributed by atoms with Gasteiger partial charge in [0.1, 0.15) is 0 Å². The summed E-state index contributed by atoms with van der Waals surface area (Å²) in [5, 5.41) is 3.05. The Bertz CT molecular complexity index is 413. The zero-order chi connectivity index (χ0) is 13.7. The second-order valence-corrected chi connectivity index (χ2v) is 5.42. The molecule has 0 radical (unpaired) electrons. The molecule has 3 heteroatoms. The van der Waals surface area contributed by atoms with E-state index < -0.39 is 0 Å². The van der Waals surface area contributed by atoms with Crippen LogP contribution in [0, 0.1) is 11.8 Å². The Morgan fingerprint density at radius 1 is 1.26 bits per heavy atom.